The summed E-state index contributed by atoms with van der Waals surface area (Å²) in [5, 5.41) is 29.8. The lowest BCUT2D eigenvalue weighted by atomic mass is 9.86. The van der Waals surface area contributed by atoms with E-state index in [-0.39, 0.29) is 6.04 Å². The molecule has 4 aromatic heterocycles. The fourth-order valence-electron chi connectivity index (χ4n) is 5.33. The van der Waals surface area contributed by atoms with Gasteiger partial charge in [0, 0.05) is 42.8 Å². The third kappa shape index (κ3) is 4.84. The zero-order valence-corrected chi connectivity index (χ0v) is 23.2. The number of nitrogens with zero attached hydrogens (tertiary/aromatic N) is 8. The van der Waals surface area contributed by atoms with Crippen molar-refractivity contribution in [3.8, 4) is 5.82 Å². The summed E-state index contributed by atoms with van der Waals surface area (Å²) < 4.78 is 14.7. The van der Waals surface area contributed by atoms with E-state index in [0.29, 0.717) is 54.4 Å². The maximum Gasteiger partial charge on any atom is 0.227 e. The molecule has 0 bridgehead atoms. The van der Waals surface area contributed by atoms with Gasteiger partial charge in [-0.3, -0.25) is 5.10 Å². The summed E-state index contributed by atoms with van der Waals surface area (Å²) in [6, 6.07) is 7.22. The Labute approximate surface area is 235 Å². The van der Waals surface area contributed by atoms with Gasteiger partial charge in [-0.25, -0.2) is 19.0 Å². The SMILES string of the molecule is Cc1cc(Nc2cc(C)[nH]n2)nc(N2CCC3(CC2)NC(=S)N([C@@H](C)c2ccc(-n4cc(F)cn4)nc2)C3O)n1. The molecule has 4 N–H and O–H groups in total. The highest BCUT2D eigenvalue weighted by Crippen LogP contribution is 2.38. The first-order valence-electron chi connectivity index (χ1n) is 13.1. The number of aliphatic hydroxyl groups is 1. The smallest absolute Gasteiger partial charge is 0.227 e. The molecule has 40 heavy (non-hydrogen) atoms. The molecule has 0 aromatic carbocycles. The zero-order chi connectivity index (χ0) is 28.0. The molecule has 0 amide bonds. The van der Waals surface area contributed by atoms with Gasteiger partial charge < -0.3 is 25.5 Å². The van der Waals surface area contributed by atoms with Crippen LogP contribution in [-0.4, -0.2) is 74.9 Å². The van der Waals surface area contributed by atoms with Gasteiger partial charge in [0.2, 0.25) is 5.95 Å². The molecule has 2 atom stereocenters. The number of anilines is 3. The Bertz CT molecular complexity index is 1530. The van der Waals surface area contributed by atoms with Crippen molar-refractivity contribution < 1.29 is 9.50 Å². The summed E-state index contributed by atoms with van der Waals surface area (Å²) in [7, 11) is 0. The molecule has 208 valence electrons. The molecule has 2 saturated heterocycles. The van der Waals surface area contributed by atoms with Crippen molar-refractivity contribution in [3.05, 3.63) is 65.6 Å². The Hall–Kier alpha value is -4.17. The van der Waals surface area contributed by atoms with Crippen molar-refractivity contribution in [1.29, 1.82) is 0 Å². The summed E-state index contributed by atoms with van der Waals surface area (Å²) in [6.45, 7) is 7.15. The Morgan fingerprint density at radius 1 is 1.15 bits per heavy atom. The molecule has 6 heterocycles. The van der Waals surface area contributed by atoms with Crippen LogP contribution in [0.15, 0.2) is 42.9 Å². The van der Waals surface area contributed by atoms with Crippen LogP contribution in [0.3, 0.4) is 0 Å². The maximum absolute atomic E-state index is 13.3. The van der Waals surface area contributed by atoms with Crippen molar-refractivity contribution in [2.24, 2.45) is 0 Å². The van der Waals surface area contributed by atoms with Crippen molar-refractivity contribution in [2.45, 2.75) is 51.4 Å². The molecule has 2 aliphatic heterocycles. The number of aryl methyl sites for hydroxylation is 2. The van der Waals surface area contributed by atoms with Crippen molar-refractivity contribution in [1.82, 2.24) is 45.1 Å². The highest BCUT2D eigenvalue weighted by atomic mass is 32.1. The fourth-order valence-corrected chi connectivity index (χ4v) is 5.80. The monoisotopic (exact) mass is 563 g/mol. The second-order valence-electron chi connectivity index (χ2n) is 10.3. The number of rotatable bonds is 6. The molecule has 6 rings (SSSR count). The van der Waals surface area contributed by atoms with E-state index >= 15 is 0 Å². The number of halogens is 1. The van der Waals surface area contributed by atoms with Gasteiger partial charge in [0.25, 0.3) is 0 Å². The highest BCUT2D eigenvalue weighted by Gasteiger charge is 2.52. The van der Waals surface area contributed by atoms with Gasteiger partial charge in [0.15, 0.2) is 28.8 Å². The molecule has 12 nitrogen and oxygen atoms in total. The standard InChI is InChI=1S/C26H30FN11OS/c1-15-10-20(31-21-11-16(2)34-35-21)32-24(30-15)36-8-6-26(7-9-36)23(39)38(25(40)33-26)17(3)18-4-5-22(28-12-18)37-14-19(27)13-29-37/h4-5,10-14,17,23,39H,6-9H2,1-3H3,(H,33,40)(H2,30,31,32,34,35)/t17-,23?/m0/s1. The summed E-state index contributed by atoms with van der Waals surface area (Å²) in [4.78, 5) is 17.8. The number of H-pyrrole nitrogens is 1. The van der Waals surface area contributed by atoms with E-state index in [9.17, 15) is 9.50 Å². The average Bonchev–Trinajstić information content (AvgIpc) is 3.61. The Balaban J connectivity index is 1.14. The van der Waals surface area contributed by atoms with E-state index < -0.39 is 17.6 Å². The van der Waals surface area contributed by atoms with Crippen LogP contribution >= 0.6 is 12.2 Å². The normalized spacial score (nSPS) is 19.2. The van der Waals surface area contributed by atoms with Crippen LogP contribution in [0.5, 0.6) is 0 Å². The fraction of sp³-hybridized carbons (Fsp3) is 0.385. The number of hydrogen-bond donors (Lipinski definition) is 4. The number of piperidine rings is 1. The number of thiocarbonyl (C=S) groups is 1. The van der Waals surface area contributed by atoms with E-state index in [1.807, 2.05) is 43.9 Å². The minimum atomic E-state index is -0.824. The van der Waals surface area contributed by atoms with Crippen LogP contribution in [0.2, 0.25) is 0 Å². The highest BCUT2D eigenvalue weighted by molar-refractivity contribution is 7.80. The van der Waals surface area contributed by atoms with Crippen LogP contribution < -0.4 is 15.5 Å². The summed E-state index contributed by atoms with van der Waals surface area (Å²) >= 11 is 5.70. The maximum atomic E-state index is 13.3. The Kier molecular flexibility index (Phi) is 6.58. The largest absolute Gasteiger partial charge is 0.371 e. The molecule has 4 aromatic rings. The predicted octanol–water partition coefficient (Wildman–Crippen LogP) is 2.89. The lowest BCUT2D eigenvalue weighted by Crippen LogP contribution is -2.57. The number of nitrogens with one attached hydrogen (secondary N) is 3. The molecule has 1 unspecified atom stereocenters. The van der Waals surface area contributed by atoms with E-state index in [0.717, 1.165) is 23.1 Å². The van der Waals surface area contributed by atoms with Crippen molar-refractivity contribution in [2.75, 3.05) is 23.3 Å². The zero-order valence-electron chi connectivity index (χ0n) is 22.3. The van der Waals surface area contributed by atoms with Gasteiger partial charge in [0.1, 0.15) is 5.82 Å². The van der Waals surface area contributed by atoms with E-state index in [1.165, 1.54) is 10.9 Å². The number of hydrogen-bond acceptors (Lipinski definition) is 9. The van der Waals surface area contributed by atoms with E-state index in [2.05, 4.69) is 40.8 Å². The topological polar surface area (TPSA) is 136 Å². The number of aromatic nitrogens is 7. The lowest BCUT2D eigenvalue weighted by molar-refractivity contribution is -0.0187. The van der Waals surface area contributed by atoms with Gasteiger partial charge >= 0.3 is 0 Å². The van der Waals surface area contributed by atoms with E-state index in [4.69, 9.17) is 17.2 Å². The molecule has 0 saturated carbocycles. The van der Waals surface area contributed by atoms with E-state index in [1.54, 1.807) is 12.3 Å². The molecule has 1 spiro atoms. The molecule has 14 heteroatoms. The van der Waals surface area contributed by atoms with Crippen LogP contribution in [-0.2, 0) is 0 Å². The summed E-state index contributed by atoms with van der Waals surface area (Å²) in [5.41, 5.74) is 2.09. The first-order chi connectivity index (χ1) is 19.2. The van der Waals surface area contributed by atoms with Crippen LogP contribution in [0.25, 0.3) is 5.82 Å². The van der Waals surface area contributed by atoms with Crippen molar-refractivity contribution in [3.63, 3.8) is 0 Å². The number of aliphatic hydroxyl groups excluding tert-OH is 1. The van der Waals surface area contributed by atoms with Gasteiger partial charge in [-0.1, -0.05) is 6.07 Å². The predicted molar refractivity (Wildman–Crippen MR) is 151 cm³/mol. The first kappa shape index (κ1) is 26.1. The summed E-state index contributed by atoms with van der Waals surface area (Å²) in [6.07, 6.45) is 4.58. The molecule has 2 aliphatic rings. The number of pyridine rings is 1. The minimum Gasteiger partial charge on any atom is -0.371 e. The van der Waals surface area contributed by atoms with Crippen LogP contribution in [0.4, 0.5) is 22.0 Å². The van der Waals surface area contributed by atoms with Gasteiger partial charge in [-0.15, -0.1) is 0 Å². The Morgan fingerprint density at radius 3 is 2.60 bits per heavy atom. The van der Waals surface area contributed by atoms with Gasteiger partial charge in [-0.05, 0) is 57.5 Å². The molecule has 2 fully saturated rings. The average molecular weight is 564 g/mol. The third-order valence-corrected chi connectivity index (χ3v) is 7.86. The summed E-state index contributed by atoms with van der Waals surface area (Å²) in [5.74, 6) is 2.07. The third-order valence-electron chi connectivity index (χ3n) is 7.55. The molecule has 0 radical (unpaired) electrons. The lowest BCUT2D eigenvalue weighted by Gasteiger charge is -2.42. The van der Waals surface area contributed by atoms with Crippen LogP contribution in [0.1, 0.15) is 42.8 Å². The molecular formula is C26H30FN11OS. The molecule has 0 aliphatic carbocycles. The minimum absolute atomic E-state index is 0.234. The van der Waals surface area contributed by atoms with Gasteiger partial charge in [-0.2, -0.15) is 15.2 Å². The first-order valence-corrected chi connectivity index (χ1v) is 13.5. The second kappa shape index (κ2) is 10.1. The van der Waals surface area contributed by atoms with Crippen molar-refractivity contribution >= 4 is 34.9 Å². The van der Waals surface area contributed by atoms with Gasteiger partial charge in [0.05, 0.1) is 24.0 Å². The second-order valence-corrected chi connectivity index (χ2v) is 10.7. The number of aromatic amines is 1. The Morgan fingerprint density at radius 2 is 1.95 bits per heavy atom. The quantitative estimate of drug-likeness (QED) is 0.258. The van der Waals surface area contributed by atoms with Crippen LogP contribution in [0, 0.1) is 19.7 Å². The molecular weight excluding hydrogens is 533 g/mol.